The minimum Gasteiger partial charge on any atom is -0.370 e. The van der Waals surface area contributed by atoms with Gasteiger partial charge >= 0.3 is 0 Å². The normalized spacial score (nSPS) is 20.9. The first-order valence-corrected chi connectivity index (χ1v) is 7.42. The molecule has 1 aliphatic rings. The second-order valence-electron chi connectivity index (χ2n) is 4.92. The third kappa shape index (κ3) is 3.17. The number of rotatable bonds is 3. The molecule has 0 saturated carbocycles. The van der Waals surface area contributed by atoms with E-state index in [9.17, 15) is 0 Å². The van der Waals surface area contributed by atoms with Gasteiger partial charge in [-0.3, -0.25) is 0 Å². The topological polar surface area (TPSA) is 29.3 Å². The fourth-order valence-corrected chi connectivity index (χ4v) is 3.25. The second-order valence-corrected chi connectivity index (χ2v) is 6.33. The second kappa shape index (κ2) is 5.78. The lowest BCUT2D eigenvalue weighted by molar-refractivity contribution is 0.748. The van der Waals surface area contributed by atoms with Crippen molar-refractivity contribution in [2.24, 2.45) is 5.73 Å². The molecule has 2 nitrogen and oxygen atoms in total. The van der Waals surface area contributed by atoms with Crippen molar-refractivity contribution in [3.8, 4) is 0 Å². The molecule has 0 spiro atoms. The Kier molecular flexibility index (Phi) is 4.35. The molecular formula is C14H22N2S. The molecule has 1 heterocycles. The predicted molar refractivity (Wildman–Crippen MR) is 78.0 cm³/mol. The van der Waals surface area contributed by atoms with Crippen LogP contribution in [0.5, 0.6) is 0 Å². The molecule has 1 atom stereocenters. The molecule has 1 fully saturated rings. The molecule has 0 aliphatic carbocycles. The zero-order chi connectivity index (χ0) is 12.3. The van der Waals surface area contributed by atoms with Crippen molar-refractivity contribution in [1.29, 1.82) is 0 Å². The van der Waals surface area contributed by atoms with Crippen LogP contribution in [0.2, 0.25) is 0 Å². The van der Waals surface area contributed by atoms with Gasteiger partial charge in [-0.15, -0.1) is 0 Å². The highest BCUT2D eigenvalue weighted by atomic mass is 32.2. The SMILES string of the molecule is CC(C)c1ccc(N2CCSC(CN)C2)cc1. The van der Waals surface area contributed by atoms with Gasteiger partial charge in [0.2, 0.25) is 0 Å². The van der Waals surface area contributed by atoms with Crippen molar-refractivity contribution in [2.75, 3.05) is 30.3 Å². The highest BCUT2D eigenvalue weighted by Gasteiger charge is 2.19. The van der Waals surface area contributed by atoms with E-state index in [0.29, 0.717) is 11.2 Å². The average molecular weight is 250 g/mol. The van der Waals surface area contributed by atoms with Crippen LogP contribution in [0.1, 0.15) is 25.3 Å². The zero-order valence-electron chi connectivity index (χ0n) is 10.7. The monoisotopic (exact) mass is 250 g/mol. The average Bonchev–Trinajstić information content (AvgIpc) is 2.39. The molecular weight excluding hydrogens is 228 g/mol. The Hall–Kier alpha value is -0.670. The highest BCUT2D eigenvalue weighted by molar-refractivity contribution is 8.00. The molecule has 2 N–H and O–H groups in total. The third-order valence-corrected chi connectivity index (χ3v) is 4.56. The molecule has 0 aromatic heterocycles. The number of hydrogen-bond donors (Lipinski definition) is 1. The van der Waals surface area contributed by atoms with E-state index in [1.54, 1.807) is 0 Å². The van der Waals surface area contributed by atoms with E-state index in [2.05, 4.69) is 43.0 Å². The predicted octanol–water partition coefficient (Wildman–Crippen LogP) is 2.69. The summed E-state index contributed by atoms with van der Waals surface area (Å²) in [4.78, 5) is 2.46. The van der Waals surface area contributed by atoms with E-state index in [4.69, 9.17) is 5.73 Å². The quantitative estimate of drug-likeness (QED) is 0.894. The van der Waals surface area contributed by atoms with E-state index in [1.807, 2.05) is 11.8 Å². The van der Waals surface area contributed by atoms with Crippen molar-refractivity contribution in [3.05, 3.63) is 29.8 Å². The summed E-state index contributed by atoms with van der Waals surface area (Å²) in [6, 6.07) is 9.00. The summed E-state index contributed by atoms with van der Waals surface area (Å²) in [6.45, 7) is 7.48. The number of hydrogen-bond acceptors (Lipinski definition) is 3. The maximum atomic E-state index is 5.76. The molecule has 0 amide bonds. The van der Waals surface area contributed by atoms with Crippen LogP contribution in [-0.4, -0.2) is 30.6 Å². The molecule has 1 aliphatic heterocycles. The highest BCUT2D eigenvalue weighted by Crippen LogP contribution is 2.25. The van der Waals surface area contributed by atoms with Crippen LogP contribution in [0.4, 0.5) is 5.69 Å². The largest absolute Gasteiger partial charge is 0.370 e. The Bertz CT molecular complexity index is 348. The van der Waals surface area contributed by atoms with E-state index in [1.165, 1.54) is 17.0 Å². The fraction of sp³-hybridized carbons (Fsp3) is 0.571. The summed E-state index contributed by atoms with van der Waals surface area (Å²) in [5.41, 5.74) is 8.51. The molecule has 2 rings (SSSR count). The van der Waals surface area contributed by atoms with E-state index in [-0.39, 0.29) is 0 Å². The molecule has 0 bridgehead atoms. The van der Waals surface area contributed by atoms with Crippen molar-refractivity contribution in [1.82, 2.24) is 0 Å². The molecule has 1 saturated heterocycles. The number of nitrogens with zero attached hydrogens (tertiary/aromatic N) is 1. The number of anilines is 1. The number of thioether (sulfide) groups is 1. The molecule has 94 valence electrons. The summed E-state index contributed by atoms with van der Waals surface area (Å²) in [5, 5.41) is 0.591. The van der Waals surface area contributed by atoms with Gasteiger partial charge in [-0.2, -0.15) is 11.8 Å². The molecule has 1 aromatic rings. The Morgan fingerprint density at radius 2 is 2.06 bits per heavy atom. The van der Waals surface area contributed by atoms with Gasteiger partial charge in [-0.05, 0) is 23.6 Å². The van der Waals surface area contributed by atoms with E-state index >= 15 is 0 Å². The maximum absolute atomic E-state index is 5.76. The number of nitrogens with two attached hydrogens (primary N) is 1. The van der Waals surface area contributed by atoms with Crippen molar-refractivity contribution in [3.63, 3.8) is 0 Å². The van der Waals surface area contributed by atoms with Crippen LogP contribution in [0, 0.1) is 0 Å². The van der Waals surface area contributed by atoms with E-state index in [0.717, 1.165) is 19.6 Å². The first-order valence-electron chi connectivity index (χ1n) is 6.37. The summed E-state index contributed by atoms with van der Waals surface area (Å²) in [7, 11) is 0. The van der Waals surface area contributed by atoms with Crippen LogP contribution in [-0.2, 0) is 0 Å². The van der Waals surface area contributed by atoms with Crippen LogP contribution >= 0.6 is 11.8 Å². The first-order chi connectivity index (χ1) is 8.20. The lowest BCUT2D eigenvalue weighted by Gasteiger charge is -2.33. The van der Waals surface area contributed by atoms with Gasteiger partial charge < -0.3 is 10.6 Å². The van der Waals surface area contributed by atoms with Gasteiger partial charge in [0, 0.05) is 36.3 Å². The minimum absolute atomic E-state index is 0.591. The molecule has 0 radical (unpaired) electrons. The van der Waals surface area contributed by atoms with Gasteiger partial charge in [0.25, 0.3) is 0 Å². The maximum Gasteiger partial charge on any atom is 0.0367 e. The van der Waals surface area contributed by atoms with Gasteiger partial charge in [0.1, 0.15) is 0 Å². The Morgan fingerprint density at radius 1 is 1.35 bits per heavy atom. The van der Waals surface area contributed by atoms with Crippen molar-refractivity contribution >= 4 is 17.4 Å². The Labute approximate surface area is 109 Å². The fourth-order valence-electron chi connectivity index (χ4n) is 2.17. The van der Waals surface area contributed by atoms with Gasteiger partial charge in [-0.1, -0.05) is 26.0 Å². The zero-order valence-corrected chi connectivity index (χ0v) is 11.5. The Morgan fingerprint density at radius 3 is 2.65 bits per heavy atom. The van der Waals surface area contributed by atoms with Gasteiger partial charge in [0.15, 0.2) is 0 Å². The summed E-state index contributed by atoms with van der Waals surface area (Å²) in [5.74, 6) is 1.80. The lowest BCUT2D eigenvalue weighted by Crippen LogP contribution is -2.41. The first kappa shape index (κ1) is 12.8. The Balaban J connectivity index is 2.06. The number of benzene rings is 1. The molecule has 3 heteroatoms. The smallest absolute Gasteiger partial charge is 0.0367 e. The van der Waals surface area contributed by atoms with Crippen molar-refractivity contribution < 1.29 is 0 Å². The summed E-state index contributed by atoms with van der Waals surface area (Å²) in [6.07, 6.45) is 0. The van der Waals surface area contributed by atoms with Crippen LogP contribution in [0.25, 0.3) is 0 Å². The van der Waals surface area contributed by atoms with Crippen molar-refractivity contribution in [2.45, 2.75) is 25.0 Å². The van der Waals surface area contributed by atoms with Gasteiger partial charge in [0.05, 0.1) is 0 Å². The van der Waals surface area contributed by atoms with Crippen LogP contribution in [0.15, 0.2) is 24.3 Å². The summed E-state index contributed by atoms with van der Waals surface area (Å²) >= 11 is 2.00. The summed E-state index contributed by atoms with van der Waals surface area (Å²) < 4.78 is 0. The van der Waals surface area contributed by atoms with Crippen LogP contribution in [0.3, 0.4) is 0 Å². The molecule has 1 aromatic carbocycles. The molecule has 17 heavy (non-hydrogen) atoms. The van der Waals surface area contributed by atoms with E-state index < -0.39 is 0 Å². The minimum atomic E-state index is 0.591. The van der Waals surface area contributed by atoms with Crippen LogP contribution < -0.4 is 10.6 Å². The van der Waals surface area contributed by atoms with Gasteiger partial charge in [-0.25, -0.2) is 0 Å². The molecule has 1 unspecified atom stereocenters. The lowest BCUT2D eigenvalue weighted by atomic mass is 10.0. The standard InChI is InChI=1S/C14H22N2S/c1-11(2)12-3-5-13(6-4-12)16-7-8-17-14(9-15)10-16/h3-6,11,14H,7-10,15H2,1-2H3. The third-order valence-electron chi connectivity index (χ3n) is 3.33.